The van der Waals surface area contributed by atoms with Gasteiger partial charge in [-0.3, -0.25) is 24.1 Å². The Labute approximate surface area is 170 Å². The van der Waals surface area contributed by atoms with Crippen molar-refractivity contribution >= 4 is 29.7 Å². The molecule has 2 aliphatic rings. The molecule has 2 rings (SSSR count). The summed E-state index contributed by atoms with van der Waals surface area (Å²) < 4.78 is 4.95. The molecule has 1 saturated heterocycles. The van der Waals surface area contributed by atoms with Crippen LogP contribution in [0.4, 0.5) is 4.79 Å². The van der Waals surface area contributed by atoms with Gasteiger partial charge in [0.05, 0.1) is 6.54 Å². The van der Waals surface area contributed by atoms with Crippen LogP contribution in [0.15, 0.2) is 0 Å². The number of nitrogens with zero attached hydrogens (tertiary/aromatic N) is 2. The van der Waals surface area contributed by atoms with E-state index < -0.39 is 42.5 Å². The van der Waals surface area contributed by atoms with Gasteiger partial charge < -0.3 is 20.3 Å². The topological polar surface area (TPSA) is 125 Å². The molecule has 10 heteroatoms. The highest BCUT2D eigenvalue weighted by Gasteiger charge is 2.55. The van der Waals surface area contributed by atoms with Crippen molar-refractivity contribution in [3.05, 3.63) is 0 Å². The molecule has 1 heterocycles. The van der Waals surface area contributed by atoms with E-state index in [1.54, 1.807) is 13.8 Å². The van der Waals surface area contributed by atoms with Gasteiger partial charge in [0, 0.05) is 13.1 Å². The van der Waals surface area contributed by atoms with Gasteiger partial charge in [-0.15, -0.1) is 0 Å². The SMILES string of the molecule is CCNC(=O)CN(CC)C(=O)COC(=O)CN1C(=O)N[C@@]2(CCCC[C@@H]2C)C1=O. The van der Waals surface area contributed by atoms with Gasteiger partial charge in [0.1, 0.15) is 12.1 Å². The minimum atomic E-state index is -0.947. The van der Waals surface area contributed by atoms with Crippen molar-refractivity contribution < 1.29 is 28.7 Å². The predicted molar refractivity (Wildman–Crippen MR) is 103 cm³/mol. The third-order valence-corrected chi connectivity index (χ3v) is 5.59. The number of likely N-dealkylation sites (N-methyl/N-ethyl adjacent to an activating group) is 2. The first-order chi connectivity index (χ1) is 13.7. The second kappa shape index (κ2) is 9.71. The molecule has 2 atom stereocenters. The number of hydrogen-bond donors (Lipinski definition) is 2. The van der Waals surface area contributed by atoms with Crippen molar-refractivity contribution in [2.45, 2.75) is 52.0 Å². The van der Waals surface area contributed by atoms with E-state index in [1.165, 1.54) is 4.90 Å². The summed E-state index contributed by atoms with van der Waals surface area (Å²) in [5, 5.41) is 5.35. The fourth-order valence-electron chi connectivity index (χ4n) is 3.85. The molecule has 1 saturated carbocycles. The van der Waals surface area contributed by atoms with E-state index in [1.807, 2.05) is 6.92 Å². The van der Waals surface area contributed by atoms with Gasteiger partial charge in [0.15, 0.2) is 6.61 Å². The van der Waals surface area contributed by atoms with Crippen LogP contribution in [0.2, 0.25) is 0 Å². The fourth-order valence-corrected chi connectivity index (χ4v) is 3.85. The molecule has 1 aliphatic heterocycles. The Bertz CT molecular complexity index is 682. The van der Waals surface area contributed by atoms with Crippen molar-refractivity contribution in [1.29, 1.82) is 0 Å². The summed E-state index contributed by atoms with van der Waals surface area (Å²) in [6, 6.07) is -0.613. The Hall–Kier alpha value is -2.65. The Balaban J connectivity index is 1.88. The van der Waals surface area contributed by atoms with Crippen molar-refractivity contribution in [2.75, 3.05) is 32.8 Å². The molecule has 0 radical (unpaired) electrons. The predicted octanol–water partition coefficient (Wildman–Crippen LogP) is 0.0149. The first-order valence-corrected chi connectivity index (χ1v) is 10.1. The van der Waals surface area contributed by atoms with E-state index in [9.17, 15) is 24.0 Å². The molecule has 2 N–H and O–H groups in total. The molecular formula is C19H30N4O6. The third-order valence-electron chi connectivity index (χ3n) is 5.59. The normalized spacial score (nSPS) is 23.7. The zero-order chi connectivity index (χ0) is 21.6. The first-order valence-electron chi connectivity index (χ1n) is 10.1. The van der Waals surface area contributed by atoms with E-state index in [4.69, 9.17) is 4.74 Å². The lowest BCUT2D eigenvalue weighted by Crippen LogP contribution is -2.54. The van der Waals surface area contributed by atoms with Gasteiger partial charge >= 0.3 is 12.0 Å². The fraction of sp³-hybridized carbons (Fsp3) is 0.737. The van der Waals surface area contributed by atoms with Crippen LogP contribution in [0.3, 0.4) is 0 Å². The zero-order valence-corrected chi connectivity index (χ0v) is 17.3. The van der Waals surface area contributed by atoms with Gasteiger partial charge in [0.2, 0.25) is 5.91 Å². The number of nitrogens with one attached hydrogen (secondary N) is 2. The molecule has 1 aliphatic carbocycles. The lowest BCUT2D eigenvalue weighted by Gasteiger charge is -2.36. The van der Waals surface area contributed by atoms with Crippen molar-refractivity contribution in [3.63, 3.8) is 0 Å². The summed E-state index contributed by atoms with van der Waals surface area (Å²) in [7, 11) is 0. The molecule has 0 unspecified atom stereocenters. The van der Waals surface area contributed by atoms with Crippen molar-refractivity contribution in [1.82, 2.24) is 20.4 Å². The van der Waals surface area contributed by atoms with E-state index in [2.05, 4.69) is 10.6 Å². The zero-order valence-electron chi connectivity index (χ0n) is 17.3. The highest BCUT2D eigenvalue weighted by atomic mass is 16.5. The molecule has 5 amide bonds. The Kier molecular flexibility index (Phi) is 7.58. The van der Waals surface area contributed by atoms with Gasteiger partial charge in [0.25, 0.3) is 11.8 Å². The first kappa shape index (κ1) is 22.6. The molecule has 162 valence electrons. The average molecular weight is 410 g/mol. The summed E-state index contributed by atoms with van der Waals surface area (Å²) in [5.41, 5.74) is -0.947. The van der Waals surface area contributed by atoms with Crippen LogP contribution < -0.4 is 10.6 Å². The lowest BCUT2D eigenvalue weighted by molar-refractivity contribution is -0.154. The van der Waals surface area contributed by atoms with Crippen LogP contribution in [0.1, 0.15) is 46.5 Å². The number of rotatable bonds is 8. The number of carbonyl (C=O) groups is 5. The van der Waals surface area contributed by atoms with Crippen LogP contribution in [0.25, 0.3) is 0 Å². The van der Waals surface area contributed by atoms with Crippen LogP contribution in [0.5, 0.6) is 0 Å². The molecule has 29 heavy (non-hydrogen) atoms. The molecule has 2 fully saturated rings. The summed E-state index contributed by atoms with van der Waals surface area (Å²) in [6.07, 6.45) is 3.22. The number of urea groups is 1. The van der Waals surface area contributed by atoms with E-state index in [0.29, 0.717) is 13.0 Å². The number of ether oxygens (including phenoxy) is 1. The van der Waals surface area contributed by atoms with Crippen LogP contribution >= 0.6 is 0 Å². The molecule has 10 nitrogen and oxygen atoms in total. The Morgan fingerprint density at radius 2 is 2.00 bits per heavy atom. The van der Waals surface area contributed by atoms with Gasteiger partial charge in [-0.1, -0.05) is 19.8 Å². The van der Waals surface area contributed by atoms with E-state index >= 15 is 0 Å². The second-order valence-electron chi connectivity index (χ2n) is 7.46. The molecule has 1 spiro atoms. The maximum atomic E-state index is 12.8. The monoisotopic (exact) mass is 410 g/mol. The van der Waals surface area contributed by atoms with Gasteiger partial charge in [-0.05, 0) is 32.6 Å². The highest BCUT2D eigenvalue weighted by molar-refractivity contribution is 6.09. The second-order valence-corrected chi connectivity index (χ2v) is 7.46. The van der Waals surface area contributed by atoms with Gasteiger partial charge in [-0.2, -0.15) is 0 Å². The van der Waals surface area contributed by atoms with E-state index in [0.717, 1.165) is 24.2 Å². The number of hydrogen-bond acceptors (Lipinski definition) is 6. The van der Waals surface area contributed by atoms with Crippen LogP contribution in [0, 0.1) is 5.92 Å². The molecule has 0 aromatic heterocycles. The summed E-state index contributed by atoms with van der Waals surface area (Å²) >= 11 is 0. The molecular weight excluding hydrogens is 380 g/mol. The molecule has 0 aromatic rings. The van der Waals surface area contributed by atoms with Crippen LogP contribution in [-0.4, -0.2) is 77.8 Å². The lowest BCUT2D eigenvalue weighted by atomic mass is 9.73. The standard InChI is InChI=1S/C19H30N4O6/c1-4-20-14(24)10-22(5-2)15(25)12-29-16(26)11-23-17(27)19(21-18(23)28)9-7-6-8-13(19)3/h13H,4-12H2,1-3H3,(H,20,24)(H,21,28)/t13-,19+/m0/s1. The van der Waals surface area contributed by atoms with Crippen LogP contribution in [-0.2, 0) is 23.9 Å². The number of imide groups is 1. The highest BCUT2D eigenvalue weighted by Crippen LogP contribution is 2.38. The Morgan fingerprint density at radius 3 is 2.62 bits per heavy atom. The van der Waals surface area contributed by atoms with E-state index in [-0.39, 0.29) is 24.9 Å². The maximum Gasteiger partial charge on any atom is 0.326 e. The van der Waals surface area contributed by atoms with Crippen molar-refractivity contribution in [3.8, 4) is 0 Å². The summed E-state index contributed by atoms with van der Waals surface area (Å²) in [4.78, 5) is 63.2. The number of amides is 5. The smallest absolute Gasteiger partial charge is 0.326 e. The minimum Gasteiger partial charge on any atom is -0.454 e. The minimum absolute atomic E-state index is 0.0114. The third kappa shape index (κ3) is 5.04. The van der Waals surface area contributed by atoms with Gasteiger partial charge in [-0.25, -0.2) is 4.79 Å². The average Bonchev–Trinajstić information content (AvgIpc) is 2.91. The Morgan fingerprint density at radius 1 is 1.28 bits per heavy atom. The quantitative estimate of drug-likeness (QED) is 0.429. The summed E-state index contributed by atoms with van der Waals surface area (Å²) in [6.45, 7) is 4.89. The number of carbonyl (C=O) groups excluding carboxylic acids is 5. The summed E-state index contributed by atoms with van der Waals surface area (Å²) in [5.74, 6) is -2.11. The largest absolute Gasteiger partial charge is 0.454 e. The maximum absolute atomic E-state index is 12.8. The molecule has 0 bridgehead atoms. The number of esters is 1. The molecule has 0 aromatic carbocycles. The van der Waals surface area contributed by atoms with Crippen molar-refractivity contribution in [2.24, 2.45) is 5.92 Å².